The van der Waals surface area contributed by atoms with Gasteiger partial charge in [-0.15, -0.1) is 0 Å². The van der Waals surface area contributed by atoms with Crippen molar-refractivity contribution in [2.24, 2.45) is 0 Å². The molecule has 1 unspecified atom stereocenters. The van der Waals surface area contributed by atoms with Crippen molar-refractivity contribution in [2.45, 2.75) is 12.6 Å². The zero-order chi connectivity index (χ0) is 19.7. The average molecular weight is 377 g/mol. The molecule has 28 heavy (non-hydrogen) atoms. The highest BCUT2D eigenvalue weighted by molar-refractivity contribution is 6.46. The van der Waals surface area contributed by atoms with E-state index in [-0.39, 0.29) is 23.4 Å². The van der Waals surface area contributed by atoms with Gasteiger partial charge in [0, 0.05) is 5.56 Å². The molecule has 4 rings (SSSR count). The van der Waals surface area contributed by atoms with Crippen LogP contribution in [0.15, 0.2) is 83.0 Å². The zero-order valence-electron chi connectivity index (χ0n) is 14.7. The molecular formula is C22H16FNO4. The van der Waals surface area contributed by atoms with Gasteiger partial charge in [0.1, 0.15) is 17.3 Å². The molecule has 1 aliphatic rings. The molecule has 3 aromatic rings. The molecule has 1 atom stereocenters. The number of likely N-dealkylation sites (tertiary alicyclic amines) is 1. The molecule has 5 nitrogen and oxygen atoms in total. The number of nitrogens with zero attached hydrogens (tertiary/aromatic N) is 1. The van der Waals surface area contributed by atoms with Crippen LogP contribution in [0.25, 0.3) is 5.76 Å². The fourth-order valence-electron chi connectivity index (χ4n) is 3.36. The molecule has 1 aliphatic heterocycles. The van der Waals surface area contributed by atoms with E-state index < -0.39 is 23.5 Å². The summed E-state index contributed by atoms with van der Waals surface area (Å²) in [6, 6.07) is 16.7. The maximum atomic E-state index is 13.2. The number of halogens is 1. The molecule has 1 aromatic heterocycles. The molecule has 0 bridgehead atoms. The predicted molar refractivity (Wildman–Crippen MR) is 99.4 cm³/mol. The second-order valence-corrected chi connectivity index (χ2v) is 6.42. The molecule has 0 saturated carbocycles. The Kier molecular flexibility index (Phi) is 4.53. The first-order valence-electron chi connectivity index (χ1n) is 8.68. The van der Waals surface area contributed by atoms with E-state index in [1.165, 1.54) is 35.4 Å². The van der Waals surface area contributed by atoms with Crippen molar-refractivity contribution in [1.29, 1.82) is 0 Å². The van der Waals surface area contributed by atoms with Gasteiger partial charge in [0.05, 0.1) is 24.4 Å². The third-order valence-electron chi connectivity index (χ3n) is 4.68. The summed E-state index contributed by atoms with van der Waals surface area (Å²) >= 11 is 0. The van der Waals surface area contributed by atoms with Crippen molar-refractivity contribution in [3.63, 3.8) is 0 Å². The second kappa shape index (κ2) is 7.15. The van der Waals surface area contributed by atoms with Gasteiger partial charge in [0.25, 0.3) is 11.7 Å². The summed E-state index contributed by atoms with van der Waals surface area (Å²) in [5, 5.41) is 10.8. The van der Waals surface area contributed by atoms with Crippen molar-refractivity contribution in [3.05, 3.63) is 101 Å². The maximum Gasteiger partial charge on any atom is 0.296 e. The molecule has 1 saturated heterocycles. The highest BCUT2D eigenvalue weighted by Gasteiger charge is 2.46. The van der Waals surface area contributed by atoms with E-state index in [2.05, 4.69) is 0 Å². The van der Waals surface area contributed by atoms with Crippen molar-refractivity contribution in [3.8, 4) is 0 Å². The standard InChI is InChI=1S/C22H16FNO4/c23-16-10-8-15(9-11-16)20(25)18-19(14-5-2-1-3-6-14)24(22(27)21(18)26)13-17-7-4-12-28-17/h1-12,19,25H,13H2/b20-18+. The number of furan rings is 1. The molecule has 6 heteroatoms. The first kappa shape index (κ1) is 17.7. The van der Waals surface area contributed by atoms with E-state index in [0.29, 0.717) is 11.3 Å². The zero-order valence-corrected chi connectivity index (χ0v) is 14.7. The molecule has 1 N–H and O–H groups in total. The van der Waals surface area contributed by atoms with Crippen LogP contribution in [0, 0.1) is 5.82 Å². The van der Waals surface area contributed by atoms with Gasteiger partial charge in [-0.05, 0) is 42.0 Å². The molecule has 0 aliphatic carbocycles. The molecular weight excluding hydrogens is 361 g/mol. The third-order valence-corrected chi connectivity index (χ3v) is 4.68. The predicted octanol–water partition coefficient (Wildman–Crippen LogP) is 4.04. The fraction of sp³-hybridized carbons (Fsp3) is 0.0909. The van der Waals surface area contributed by atoms with Gasteiger partial charge in [-0.3, -0.25) is 9.59 Å². The number of rotatable bonds is 4. The van der Waals surface area contributed by atoms with Crippen molar-refractivity contribution in [1.82, 2.24) is 4.90 Å². The fourth-order valence-corrected chi connectivity index (χ4v) is 3.36. The van der Waals surface area contributed by atoms with Crippen LogP contribution in [0.2, 0.25) is 0 Å². The van der Waals surface area contributed by atoms with Crippen molar-refractivity contribution >= 4 is 17.4 Å². The van der Waals surface area contributed by atoms with Crippen LogP contribution in [-0.2, 0) is 16.1 Å². The van der Waals surface area contributed by atoms with E-state index in [9.17, 15) is 19.1 Å². The Morgan fingerprint density at radius 2 is 1.71 bits per heavy atom. The number of amides is 1. The van der Waals surface area contributed by atoms with Gasteiger partial charge < -0.3 is 14.4 Å². The lowest BCUT2D eigenvalue weighted by Crippen LogP contribution is -2.29. The van der Waals surface area contributed by atoms with Crippen LogP contribution in [0.3, 0.4) is 0 Å². The lowest BCUT2D eigenvalue weighted by atomic mass is 9.95. The summed E-state index contributed by atoms with van der Waals surface area (Å²) in [7, 11) is 0. The first-order valence-corrected chi connectivity index (χ1v) is 8.68. The Morgan fingerprint density at radius 3 is 2.36 bits per heavy atom. The molecule has 0 radical (unpaired) electrons. The number of carbonyl (C=O) groups excluding carboxylic acids is 2. The van der Waals surface area contributed by atoms with Gasteiger partial charge in [0.15, 0.2) is 0 Å². The van der Waals surface area contributed by atoms with Gasteiger partial charge in [-0.1, -0.05) is 30.3 Å². The molecule has 2 heterocycles. The minimum absolute atomic E-state index is 0.0330. The summed E-state index contributed by atoms with van der Waals surface area (Å²) in [6.07, 6.45) is 1.49. The quantitative estimate of drug-likeness (QED) is 0.423. The number of hydrogen-bond acceptors (Lipinski definition) is 4. The molecule has 140 valence electrons. The topological polar surface area (TPSA) is 70.8 Å². The minimum atomic E-state index is -0.790. The third kappa shape index (κ3) is 3.09. The summed E-state index contributed by atoms with van der Waals surface area (Å²) in [5.74, 6) is -1.80. The SMILES string of the molecule is O=C1C(=O)N(Cc2ccco2)C(c2ccccc2)/C1=C(\O)c1ccc(F)cc1. The van der Waals surface area contributed by atoms with E-state index in [1.54, 1.807) is 36.4 Å². The van der Waals surface area contributed by atoms with Crippen LogP contribution >= 0.6 is 0 Å². The van der Waals surface area contributed by atoms with Gasteiger partial charge in [0.2, 0.25) is 0 Å². The number of benzene rings is 2. The average Bonchev–Trinajstić information content (AvgIpc) is 3.31. The van der Waals surface area contributed by atoms with Crippen LogP contribution in [0.4, 0.5) is 4.39 Å². The lowest BCUT2D eigenvalue weighted by molar-refractivity contribution is -0.140. The monoisotopic (exact) mass is 377 g/mol. The van der Waals surface area contributed by atoms with E-state index in [0.717, 1.165) is 0 Å². The molecule has 0 spiro atoms. The Labute approximate surface area is 160 Å². The summed E-state index contributed by atoms with van der Waals surface area (Å²) < 4.78 is 18.6. The Morgan fingerprint density at radius 1 is 1.00 bits per heavy atom. The Bertz CT molecular complexity index is 1040. The highest BCUT2D eigenvalue weighted by atomic mass is 19.1. The minimum Gasteiger partial charge on any atom is -0.507 e. The van der Waals surface area contributed by atoms with E-state index in [1.807, 2.05) is 6.07 Å². The second-order valence-electron chi connectivity index (χ2n) is 6.42. The Hall–Kier alpha value is -3.67. The molecule has 1 fully saturated rings. The highest BCUT2D eigenvalue weighted by Crippen LogP contribution is 2.40. The number of ketones is 1. The maximum absolute atomic E-state index is 13.2. The van der Waals surface area contributed by atoms with Gasteiger partial charge in [-0.25, -0.2) is 4.39 Å². The van der Waals surface area contributed by atoms with E-state index >= 15 is 0 Å². The number of Topliss-reactive ketones (excluding diaryl/α,β-unsaturated/α-hetero) is 1. The van der Waals surface area contributed by atoms with Crippen molar-refractivity contribution in [2.75, 3.05) is 0 Å². The summed E-state index contributed by atoms with van der Waals surface area (Å²) in [4.78, 5) is 26.9. The first-order chi connectivity index (χ1) is 13.6. The van der Waals surface area contributed by atoms with Crippen LogP contribution in [-0.4, -0.2) is 21.7 Å². The summed E-state index contributed by atoms with van der Waals surface area (Å²) in [5.41, 5.74) is 0.907. The number of aliphatic hydroxyl groups is 1. The normalized spacial score (nSPS) is 18.6. The van der Waals surface area contributed by atoms with Crippen molar-refractivity contribution < 1.29 is 23.5 Å². The molecule has 1 amide bonds. The van der Waals surface area contributed by atoms with Gasteiger partial charge in [-0.2, -0.15) is 0 Å². The largest absolute Gasteiger partial charge is 0.507 e. The van der Waals surface area contributed by atoms with Crippen LogP contribution < -0.4 is 0 Å². The summed E-state index contributed by atoms with van der Waals surface area (Å²) in [6.45, 7) is 0.0807. The van der Waals surface area contributed by atoms with Gasteiger partial charge >= 0.3 is 0 Å². The Balaban J connectivity index is 1.85. The smallest absolute Gasteiger partial charge is 0.296 e. The van der Waals surface area contributed by atoms with E-state index in [4.69, 9.17) is 4.42 Å². The lowest BCUT2D eigenvalue weighted by Gasteiger charge is -2.24. The van der Waals surface area contributed by atoms with Crippen LogP contribution in [0.1, 0.15) is 22.9 Å². The van der Waals surface area contributed by atoms with Crippen LogP contribution in [0.5, 0.6) is 0 Å². The molecule has 2 aromatic carbocycles. The number of aliphatic hydroxyl groups excluding tert-OH is 1. The number of hydrogen-bond donors (Lipinski definition) is 1. The number of carbonyl (C=O) groups is 2.